The van der Waals surface area contributed by atoms with Crippen LogP contribution in [0.1, 0.15) is 53.1 Å². The number of benzene rings is 1. The highest BCUT2D eigenvalue weighted by molar-refractivity contribution is 7.14. The molecule has 3 heteroatoms. The van der Waals surface area contributed by atoms with E-state index in [0.29, 0.717) is 16.3 Å². The van der Waals surface area contributed by atoms with Gasteiger partial charge in [-0.15, -0.1) is 11.3 Å². The second kappa shape index (κ2) is 5.38. The van der Waals surface area contributed by atoms with Crippen LogP contribution in [0.3, 0.4) is 0 Å². The first-order chi connectivity index (χ1) is 9.95. The summed E-state index contributed by atoms with van der Waals surface area (Å²) >= 11 is 1.60. The number of carbonyl (C=O) groups is 1. The molecule has 0 aliphatic heterocycles. The Hall–Kier alpha value is -1.48. The summed E-state index contributed by atoms with van der Waals surface area (Å²) in [4.78, 5) is 18.4. The van der Waals surface area contributed by atoms with Crippen LogP contribution < -0.4 is 0 Å². The number of rotatable bonds is 2. The van der Waals surface area contributed by atoms with Crippen LogP contribution in [-0.2, 0) is 12.8 Å². The van der Waals surface area contributed by atoms with Gasteiger partial charge < -0.3 is 0 Å². The van der Waals surface area contributed by atoms with Gasteiger partial charge in [-0.3, -0.25) is 4.79 Å². The Bertz CT molecular complexity index is 652. The second-order valence-electron chi connectivity index (χ2n) is 6.89. The van der Waals surface area contributed by atoms with Crippen LogP contribution in [0.5, 0.6) is 0 Å². The van der Waals surface area contributed by atoms with Gasteiger partial charge in [0.2, 0.25) is 5.78 Å². The molecular formula is C18H21NOS. The van der Waals surface area contributed by atoms with Crippen LogP contribution in [-0.4, -0.2) is 10.8 Å². The molecule has 0 saturated carbocycles. The lowest BCUT2D eigenvalue weighted by Gasteiger charge is -2.33. The van der Waals surface area contributed by atoms with Crippen LogP contribution in [0, 0.1) is 11.3 Å². The van der Waals surface area contributed by atoms with Gasteiger partial charge in [-0.25, -0.2) is 4.98 Å². The summed E-state index contributed by atoms with van der Waals surface area (Å²) in [5, 5.41) is 0.653. The number of aryl methyl sites for hydroxylation is 1. The maximum atomic E-state index is 12.5. The van der Waals surface area contributed by atoms with Crippen molar-refractivity contribution in [2.24, 2.45) is 11.3 Å². The number of nitrogens with zero attached hydrogens (tertiary/aromatic N) is 1. The van der Waals surface area contributed by atoms with Crippen molar-refractivity contribution in [1.29, 1.82) is 0 Å². The van der Waals surface area contributed by atoms with E-state index in [-0.39, 0.29) is 5.78 Å². The molecule has 0 amide bonds. The molecule has 110 valence electrons. The van der Waals surface area contributed by atoms with Gasteiger partial charge in [-0.1, -0.05) is 51.1 Å². The molecule has 1 aliphatic carbocycles. The van der Waals surface area contributed by atoms with Gasteiger partial charge in [-0.2, -0.15) is 0 Å². The van der Waals surface area contributed by atoms with Gasteiger partial charge in [-0.05, 0) is 30.6 Å². The van der Waals surface area contributed by atoms with Gasteiger partial charge in [0.15, 0.2) is 5.01 Å². The Kier molecular flexibility index (Phi) is 3.70. The molecule has 0 radical (unpaired) electrons. The SMILES string of the molecule is CC(C)(C)C1CCc2nc(C(=O)c3ccccc3)sc2C1. The summed E-state index contributed by atoms with van der Waals surface area (Å²) in [5.41, 5.74) is 2.21. The average molecular weight is 299 g/mol. The molecule has 0 spiro atoms. The lowest BCUT2D eigenvalue weighted by atomic mass is 9.73. The maximum Gasteiger partial charge on any atom is 0.221 e. The Morgan fingerprint density at radius 2 is 1.95 bits per heavy atom. The zero-order chi connectivity index (χ0) is 15.0. The number of hydrogen-bond donors (Lipinski definition) is 0. The van der Waals surface area contributed by atoms with Crippen molar-refractivity contribution in [3.05, 3.63) is 51.5 Å². The Balaban J connectivity index is 1.86. The van der Waals surface area contributed by atoms with Crippen molar-refractivity contribution in [1.82, 2.24) is 4.98 Å². The predicted octanol–water partition coefficient (Wildman–Crippen LogP) is 4.53. The highest BCUT2D eigenvalue weighted by Crippen LogP contribution is 2.39. The minimum atomic E-state index is 0.0577. The van der Waals surface area contributed by atoms with Gasteiger partial charge in [0.05, 0.1) is 5.69 Å². The fraction of sp³-hybridized carbons (Fsp3) is 0.444. The molecule has 3 rings (SSSR count). The summed E-state index contributed by atoms with van der Waals surface area (Å²) in [5.74, 6) is 0.743. The number of carbonyl (C=O) groups excluding carboxylic acids is 1. The first-order valence-electron chi connectivity index (χ1n) is 7.53. The van der Waals surface area contributed by atoms with Gasteiger partial charge in [0.25, 0.3) is 0 Å². The number of ketones is 1. The summed E-state index contributed by atoms with van der Waals surface area (Å²) < 4.78 is 0. The van der Waals surface area contributed by atoms with Crippen molar-refractivity contribution in [3.8, 4) is 0 Å². The summed E-state index contributed by atoms with van der Waals surface area (Å²) in [6.45, 7) is 6.92. The van der Waals surface area contributed by atoms with Crippen LogP contribution in [0.2, 0.25) is 0 Å². The molecule has 2 nitrogen and oxygen atoms in total. The van der Waals surface area contributed by atoms with Crippen LogP contribution in [0.25, 0.3) is 0 Å². The highest BCUT2D eigenvalue weighted by Gasteiger charge is 2.31. The van der Waals surface area contributed by atoms with Crippen LogP contribution in [0.4, 0.5) is 0 Å². The lowest BCUT2D eigenvalue weighted by Crippen LogP contribution is -2.26. The Labute approximate surface area is 130 Å². The average Bonchev–Trinajstić information content (AvgIpc) is 2.89. The normalized spacial score (nSPS) is 18.3. The van der Waals surface area contributed by atoms with E-state index in [1.54, 1.807) is 11.3 Å². The van der Waals surface area contributed by atoms with Gasteiger partial charge in [0.1, 0.15) is 0 Å². The fourth-order valence-electron chi connectivity index (χ4n) is 2.92. The zero-order valence-corrected chi connectivity index (χ0v) is 13.7. The smallest absolute Gasteiger partial charge is 0.221 e. The molecule has 2 aromatic rings. The molecule has 21 heavy (non-hydrogen) atoms. The van der Waals surface area contributed by atoms with Crippen molar-refractivity contribution < 1.29 is 4.79 Å². The summed E-state index contributed by atoms with van der Waals surface area (Å²) in [6, 6.07) is 9.45. The topological polar surface area (TPSA) is 30.0 Å². The third-order valence-electron chi connectivity index (χ3n) is 4.39. The monoisotopic (exact) mass is 299 g/mol. The fourth-order valence-corrected chi connectivity index (χ4v) is 4.07. The number of fused-ring (bicyclic) bond motifs is 1. The maximum absolute atomic E-state index is 12.5. The van der Waals surface area contributed by atoms with Crippen LogP contribution >= 0.6 is 11.3 Å². The molecule has 0 fully saturated rings. The third kappa shape index (κ3) is 2.93. The van der Waals surface area contributed by atoms with Gasteiger partial charge in [0, 0.05) is 10.4 Å². The molecule has 0 saturated heterocycles. The number of aromatic nitrogens is 1. The summed E-state index contributed by atoms with van der Waals surface area (Å²) in [6.07, 6.45) is 3.26. The van der Waals surface area contributed by atoms with E-state index in [0.717, 1.165) is 24.1 Å². The van der Waals surface area contributed by atoms with E-state index in [2.05, 4.69) is 25.8 Å². The van der Waals surface area contributed by atoms with Crippen molar-refractivity contribution >= 4 is 17.1 Å². The van der Waals surface area contributed by atoms with Crippen LogP contribution in [0.15, 0.2) is 30.3 Å². The molecular weight excluding hydrogens is 278 g/mol. The molecule has 1 atom stereocenters. The van der Waals surface area contributed by atoms with Crippen molar-refractivity contribution in [3.63, 3.8) is 0 Å². The Morgan fingerprint density at radius 3 is 2.62 bits per heavy atom. The van der Waals surface area contributed by atoms with E-state index < -0.39 is 0 Å². The minimum absolute atomic E-state index is 0.0577. The minimum Gasteiger partial charge on any atom is -0.286 e. The first-order valence-corrected chi connectivity index (χ1v) is 8.35. The molecule has 1 aromatic heterocycles. The highest BCUT2D eigenvalue weighted by atomic mass is 32.1. The molecule has 1 unspecified atom stereocenters. The molecule has 0 N–H and O–H groups in total. The third-order valence-corrected chi connectivity index (χ3v) is 5.51. The second-order valence-corrected chi connectivity index (χ2v) is 7.97. The van der Waals surface area contributed by atoms with E-state index in [1.165, 1.54) is 11.3 Å². The molecule has 1 aromatic carbocycles. The molecule has 0 bridgehead atoms. The lowest BCUT2D eigenvalue weighted by molar-refractivity contribution is 0.103. The van der Waals surface area contributed by atoms with E-state index in [9.17, 15) is 4.79 Å². The molecule has 1 aliphatic rings. The van der Waals surface area contributed by atoms with E-state index >= 15 is 0 Å². The molecule has 1 heterocycles. The number of hydrogen-bond acceptors (Lipinski definition) is 3. The van der Waals surface area contributed by atoms with E-state index in [1.807, 2.05) is 30.3 Å². The van der Waals surface area contributed by atoms with Gasteiger partial charge >= 0.3 is 0 Å². The number of thiazole rings is 1. The standard InChI is InChI=1S/C18H21NOS/c1-18(2,3)13-9-10-14-15(11-13)21-17(19-14)16(20)12-7-5-4-6-8-12/h4-8,13H,9-11H2,1-3H3. The predicted molar refractivity (Wildman–Crippen MR) is 87.0 cm³/mol. The quantitative estimate of drug-likeness (QED) is 0.763. The Morgan fingerprint density at radius 1 is 1.24 bits per heavy atom. The largest absolute Gasteiger partial charge is 0.286 e. The first kappa shape index (κ1) is 14.5. The van der Waals surface area contributed by atoms with Crippen molar-refractivity contribution in [2.45, 2.75) is 40.0 Å². The van der Waals surface area contributed by atoms with Crippen molar-refractivity contribution in [2.75, 3.05) is 0 Å². The zero-order valence-electron chi connectivity index (χ0n) is 12.8. The van der Waals surface area contributed by atoms with E-state index in [4.69, 9.17) is 0 Å². The summed E-state index contributed by atoms with van der Waals surface area (Å²) in [7, 11) is 0.